The zero-order chi connectivity index (χ0) is 14.4. The number of nitrogens with zero attached hydrogens (tertiary/aromatic N) is 1. The monoisotopic (exact) mass is 281 g/mol. The van der Waals surface area contributed by atoms with Crippen molar-refractivity contribution in [2.75, 3.05) is 7.05 Å². The van der Waals surface area contributed by atoms with Crippen molar-refractivity contribution in [2.45, 2.75) is 13.0 Å². The van der Waals surface area contributed by atoms with Crippen molar-refractivity contribution in [3.8, 4) is 11.8 Å². The summed E-state index contributed by atoms with van der Waals surface area (Å²) in [5.41, 5.74) is 0.389. The van der Waals surface area contributed by atoms with Gasteiger partial charge in [0.25, 0.3) is 5.91 Å². The van der Waals surface area contributed by atoms with Crippen LogP contribution in [-0.4, -0.2) is 25.1 Å². The molecule has 0 aliphatic rings. The number of hydrogen-bond donors (Lipinski definition) is 2. The van der Waals surface area contributed by atoms with Crippen LogP contribution in [0.15, 0.2) is 18.2 Å². The summed E-state index contributed by atoms with van der Waals surface area (Å²) < 4.78 is 5.32. The molecule has 3 amide bonds. The summed E-state index contributed by atoms with van der Waals surface area (Å²) in [6, 6.07) is 5.75. The predicted octanol–water partition coefficient (Wildman–Crippen LogP) is 1.43. The van der Waals surface area contributed by atoms with Gasteiger partial charge in [-0.05, 0) is 25.1 Å². The van der Waals surface area contributed by atoms with Gasteiger partial charge < -0.3 is 10.1 Å². The van der Waals surface area contributed by atoms with Gasteiger partial charge in [0, 0.05) is 7.05 Å². The molecule has 6 nitrogen and oxygen atoms in total. The lowest BCUT2D eigenvalue weighted by Crippen LogP contribution is -2.43. The molecule has 1 atom stereocenters. The molecule has 0 radical (unpaired) electrons. The third-order valence-corrected chi connectivity index (χ3v) is 2.49. The largest absolute Gasteiger partial charge is 0.479 e. The molecule has 1 aromatic carbocycles. The molecule has 0 saturated heterocycles. The van der Waals surface area contributed by atoms with Gasteiger partial charge in [-0.2, -0.15) is 5.26 Å². The van der Waals surface area contributed by atoms with Crippen LogP contribution in [0.2, 0.25) is 5.02 Å². The molecular weight excluding hydrogens is 270 g/mol. The van der Waals surface area contributed by atoms with Crippen molar-refractivity contribution < 1.29 is 14.3 Å². The molecule has 0 heterocycles. The summed E-state index contributed by atoms with van der Waals surface area (Å²) in [6.07, 6.45) is -0.900. The highest BCUT2D eigenvalue weighted by molar-refractivity contribution is 6.32. The van der Waals surface area contributed by atoms with Crippen molar-refractivity contribution in [1.29, 1.82) is 5.26 Å². The standard InChI is InChI=1S/C12H12ClN3O3/c1-7(11(17)16-12(18)15-2)19-10-4-3-8(6-14)5-9(10)13/h3-5,7H,1-2H3,(H2,15,16,17,18)/t7-/m0/s1. The van der Waals surface area contributed by atoms with E-state index in [0.29, 0.717) is 5.56 Å². The lowest BCUT2D eigenvalue weighted by molar-refractivity contribution is -0.126. The van der Waals surface area contributed by atoms with Crippen LogP contribution >= 0.6 is 11.6 Å². The molecule has 7 heteroatoms. The molecule has 0 fully saturated rings. The summed E-state index contributed by atoms with van der Waals surface area (Å²) in [7, 11) is 1.39. The first-order chi connectivity index (χ1) is 8.97. The predicted molar refractivity (Wildman–Crippen MR) is 68.9 cm³/mol. The number of ether oxygens (including phenoxy) is 1. The van der Waals surface area contributed by atoms with E-state index in [2.05, 4.69) is 10.6 Å². The fourth-order valence-electron chi connectivity index (χ4n) is 1.19. The summed E-state index contributed by atoms with van der Waals surface area (Å²) in [5.74, 6) is -0.333. The molecule has 0 aromatic heterocycles. The van der Waals surface area contributed by atoms with E-state index in [1.165, 1.54) is 32.2 Å². The number of hydrogen-bond acceptors (Lipinski definition) is 4. The van der Waals surface area contributed by atoms with Crippen molar-refractivity contribution in [2.24, 2.45) is 0 Å². The molecule has 0 aliphatic carbocycles. The van der Waals surface area contributed by atoms with Gasteiger partial charge in [0.05, 0.1) is 16.7 Å². The van der Waals surface area contributed by atoms with Crippen LogP contribution < -0.4 is 15.4 Å². The molecule has 0 saturated carbocycles. The molecule has 0 bridgehead atoms. The average molecular weight is 282 g/mol. The average Bonchev–Trinajstić information content (AvgIpc) is 2.40. The Hall–Kier alpha value is -2.26. The Morgan fingerprint density at radius 2 is 2.16 bits per heavy atom. The minimum atomic E-state index is -0.900. The van der Waals surface area contributed by atoms with E-state index < -0.39 is 18.0 Å². The second-order valence-electron chi connectivity index (χ2n) is 3.59. The van der Waals surface area contributed by atoms with Crippen LogP contribution in [0, 0.1) is 11.3 Å². The molecular formula is C12H12ClN3O3. The molecule has 2 N–H and O–H groups in total. The SMILES string of the molecule is CNC(=O)NC(=O)[C@H](C)Oc1ccc(C#N)cc1Cl. The van der Waals surface area contributed by atoms with Gasteiger partial charge in [0.1, 0.15) is 5.75 Å². The Morgan fingerprint density at radius 1 is 1.47 bits per heavy atom. The Morgan fingerprint density at radius 3 is 2.68 bits per heavy atom. The number of urea groups is 1. The summed E-state index contributed by atoms with van der Waals surface area (Å²) in [5, 5.41) is 13.2. The van der Waals surface area contributed by atoms with E-state index in [4.69, 9.17) is 21.6 Å². The van der Waals surface area contributed by atoms with Crippen LogP contribution in [-0.2, 0) is 4.79 Å². The summed E-state index contributed by atoms with van der Waals surface area (Å²) in [6.45, 7) is 1.48. The smallest absolute Gasteiger partial charge is 0.321 e. The second kappa shape index (κ2) is 6.61. The van der Waals surface area contributed by atoms with Gasteiger partial charge in [-0.3, -0.25) is 10.1 Å². The summed E-state index contributed by atoms with van der Waals surface area (Å²) in [4.78, 5) is 22.5. The number of imide groups is 1. The van der Waals surface area contributed by atoms with Gasteiger partial charge in [-0.25, -0.2) is 4.79 Å². The van der Waals surface area contributed by atoms with Crippen molar-refractivity contribution in [1.82, 2.24) is 10.6 Å². The normalized spacial score (nSPS) is 11.1. The second-order valence-corrected chi connectivity index (χ2v) is 3.99. The van der Waals surface area contributed by atoms with Gasteiger partial charge >= 0.3 is 6.03 Å². The number of nitrogens with one attached hydrogen (secondary N) is 2. The molecule has 0 aliphatic heterocycles. The van der Waals surface area contributed by atoms with Crippen molar-refractivity contribution in [3.05, 3.63) is 28.8 Å². The number of benzene rings is 1. The van der Waals surface area contributed by atoms with E-state index >= 15 is 0 Å². The highest BCUT2D eigenvalue weighted by atomic mass is 35.5. The van der Waals surface area contributed by atoms with Crippen LogP contribution in [0.1, 0.15) is 12.5 Å². The lowest BCUT2D eigenvalue weighted by Gasteiger charge is -2.14. The fraction of sp³-hybridized carbons (Fsp3) is 0.250. The van der Waals surface area contributed by atoms with Crippen LogP contribution in [0.25, 0.3) is 0 Å². The molecule has 1 rings (SSSR count). The minimum absolute atomic E-state index is 0.221. The number of amides is 3. The minimum Gasteiger partial charge on any atom is -0.479 e. The Balaban J connectivity index is 2.72. The Bertz CT molecular complexity index is 540. The molecule has 100 valence electrons. The number of halogens is 1. The first-order valence-electron chi connectivity index (χ1n) is 5.36. The first-order valence-corrected chi connectivity index (χ1v) is 5.74. The van der Waals surface area contributed by atoms with E-state index in [1.54, 1.807) is 0 Å². The van der Waals surface area contributed by atoms with Gasteiger partial charge in [0.15, 0.2) is 6.10 Å². The molecule has 0 unspecified atom stereocenters. The number of nitriles is 1. The van der Waals surface area contributed by atoms with Crippen molar-refractivity contribution in [3.63, 3.8) is 0 Å². The quantitative estimate of drug-likeness (QED) is 0.877. The molecule has 1 aromatic rings. The summed E-state index contributed by atoms with van der Waals surface area (Å²) >= 11 is 5.90. The highest BCUT2D eigenvalue weighted by Crippen LogP contribution is 2.26. The fourth-order valence-corrected chi connectivity index (χ4v) is 1.41. The van der Waals surface area contributed by atoms with Crippen LogP contribution in [0.4, 0.5) is 4.79 Å². The van der Waals surface area contributed by atoms with E-state index in [9.17, 15) is 9.59 Å². The van der Waals surface area contributed by atoms with Crippen molar-refractivity contribution >= 4 is 23.5 Å². The Labute approximate surface area is 115 Å². The molecule has 0 spiro atoms. The third kappa shape index (κ3) is 4.16. The van der Waals surface area contributed by atoms with Crippen LogP contribution in [0.5, 0.6) is 5.75 Å². The van der Waals surface area contributed by atoms with E-state index in [0.717, 1.165) is 0 Å². The van der Waals surface area contributed by atoms with E-state index in [1.807, 2.05) is 6.07 Å². The Kier molecular flexibility index (Phi) is 5.15. The number of rotatable bonds is 3. The topological polar surface area (TPSA) is 91.2 Å². The van der Waals surface area contributed by atoms with Crippen LogP contribution in [0.3, 0.4) is 0 Å². The molecule has 19 heavy (non-hydrogen) atoms. The maximum Gasteiger partial charge on any atom is 0.321 e. The van der Waals surface area contributed by atoms with Gasteiger partial charge in [-0.1, -0.05) is 11.6 Å². The first kappa shape index (κ1) is 14.8. The van der Waals surface area contributed by atoms with E-state index in [-0.39, 0.29) is 10.8 Å². The maximum absolute atomic E-state index is 11.6. The van der Waals surface area contributed by atoms with Gasteiger partial charge in [-0.15, -0.1) is 0 Å². The third-order valence-electron chi connectivity index (χ3n) is 2.20. The van der Waals surface area contributed by atoms with Gasteiger partial charge in [0.2, 0.25) is 0 Å². The maximum atomic E-state index is 11.6. The number of carbonyl (C=O) groups excluding carboxylic acids is 2. The zero-order valence-electron chi connectivity index (χ0n) is 10.4. The zero-order valence-corrected chi connectivity index (χ0v) is 11.1. The number of carbonyl (C=O) groups is 2. The lowest BCUT2D eigenvalue weighted by atomic mass is 10.2. The highest BCUT2D eigenvalue weighted by Gasteiger charge is 2.18.